The fourth-order valence-corrected chi connectivity index (χ4v) is 2.40. The number of hydrogen-bond acceptors (Lipinski definition) is 6. The fraction of sp³-hybridized carbons (Fsp3) is 0.0870. The van der Waals surface area contributed by atoms with Gasteiger partial charge in [0.1, 0.15) is 23.5 Å². The smallest absolute Gasteiger partial charge is 0.344 e. The molecule has 0 aliphatic heterocycles. The molecule has 152 valence electrons. The zero-order valence-electron chi connectivity index (χ0n) is 15.9. The summed E-state index contributed by atoms with van der Waals surface area (Å²) in [6, 6.07) is 22.4. The fourth-order valence-electron chi connectivity index (χ4n) is 2.40. The second-order valence-electron chi connectivity index (χ2n) is 6.12. The maximum absolute atomic E-state index is 11.9. The maximum atomic E-state index is 11.9. The molecule has 0 radical (unpaired) electrons. The van der Waals surface area contributed by atoms with Gasteiger partial charge < -0.3 is 19.5 Å². The van der Waals surface area contributed by atoms with E-state index in [9.17, 15) is 14.4 Å². The molecule has 0 bridgehead atoms. The highest BCUT2D eigenvalue weighted by atomic mass is 16.6. The predicted molar refractivity (Wildman–Crippen MR) is 110 cm³/mol. The van der Waals surface area contributed by atoms with Crippen LogP contribution in [0.25, 0.3) is 0 Å². The highest BCUT2D eigenvalue weighted by molar-refractivity contribution is 5.92. The molecule has 0 aliphatic rings. The van der Waals surface area contributed by atoms with Crippen LogP contribution in [0.4, 0.5) is 5.69 Å². The van der Waals surface area contributed by atoms with Crippen LogP contribution in [0.5, 0.6) is 17.2 Å². The largest absolute Gasteiger partial charge is 0.482 e. The van der Waals surface area contributed by atoms with Crippen molar-refractivity contribution in [1.82, 2.24) is 0 Å². The van der Waals surface area contributed by atoms with Crippen molar-refractivity contribution in [3.8, 4) is 17.2 Å². The molecule has 0 saturated heterocycles. The van der Waals surface area contributed by atoms with Crippen LogP contribution < -0.4 is 14.8 Å². The van der Waals surface area contributed by atoms with Crippen molar-refractivity contribution in [2.24, 2.45) is 0 Å². The number of hydrogen-bond donors (Lipinski definition) is 1. The molecule has 30 heavy (non-hydrogen) atoms. The number of para-hydroxylation sites is 1. The summed E-state index contributed by atoms with van der Waals surface area (Å²) in [6.07, 6.45) is 0.709. The van der Waals surface area contributed by atoms with Crippen LogP contribution in [-0.4, -0.2) is 31.4 Å². The second-order valence-corrected chi connectivity index (χ2v) is 6.12. The molecule has 3 aromatic carbocycles. The number of carbonyl (C=O) groups excluding carboxylic acids is 3. The van der Waals surface area contributed by atoms with Gasteiger partial charge in [-0.15, -0.1) is 0 Å². The van der Waals surface area contributed by atoms with Crippen LogP contribution in [0.2, 0.25) is 0 Å². The maximum Gasteiger partial charge on any atom is 0.344 e. The summed E-state index contributed by atoms with van der Waals surface area (Å²) < 4.78 is 15.8. The van der Waals surface area contributed by atoms with Gasteiger partial charge in [-0.25, -0.2) is 4.79 Å². The Bertz CT molecular complexity index is 984. The van der Waals surface area contributed by atoms with E-state index in [-0.39, 0.29) is 6.61 Å². The molecule has 0 atom stereocenters. The van der Waals surface area contributed by atoms with E-state index >= 15 is 0 Å². The van der Waals surface area contributed by atoms with Gasteiger partial charge in [0, 0.05) is 11.3 Å². The lowest BCUT2D eigenvalue weighted by molar-refractivity contribution is -0.149. The van der Waals surface area contributed by atoms with Crippen LogP contribution in [0.3, 0.4) is 0 Å². The van der Waals surface area contributed by atoms with Crippen molar-refractivity contribution in [3.05, 3.63) is 84.4 Å². The van der Waals surface area contributed by atoms with Gasteiger partial charge in [-0.1, -0.05) is 18.2 Å². The van der Waals surface area contributed by atoms with Crippen molar-refractivity contribution in [2.45, 2.75) is 0 Å². The summed E-state index contributed by atoms with van der Waals surface area (Å²) in [7, 11) is 0. The SMILES string of the molecule is O=Cc1ccc(OCC(=O)OCC(=O)Nc2ccc(Oc3ccccc3)cc2)cc1. The van der Waals surface area contributed by atoms with Crippen LogP contribution in [0, 0.1) is 0 Å². The van der Waals surface area contributed by atoms with Crippen molar-refractivity contribution in [1.29, 1.82) is 0 Å². The third kappa shape index (κ3) is 6.49. The molecular weight excluding hydrogens is 386 g/mol. The lowest BCUT2D eigenvalue weighted by atomic mass is 10.2. The Kier molecular flexibility index (Phi) is 7.16. The number of esters is 1. The van der Waals surface area contributed by atoms with Crippen LogP contribution in [0.1, 0.15) is 10.4 Å². The monoisotopic (exact) mass is 405 g/mol. The second kappa shape index (κ2) is 10.4. The number of ether oxygens (including phenoxy) is 3. The third-order valence-corrected chi connectivity index (χ3v) is 3.85. The van der Waals surface area contributed by atoms with E-state index < -0.39 is 18.5 Å². The Balaban J connectivity index is 1.39. The van der Waals surface area contributed by atoms with Gasteiger partial charge in [-0.2, -0.15) is 0 Å². The molecule has 0 saturated carbocycles. The third-order valence-electron chi connectivity index (χ3n) is 3.85. The number of carbonyl (C=O) groups is 3. The Morgan fingerprint density at radius 1 is 0.767 bits per heavy atom. The topological polar surface area (TPSA) is 90.9 Å². The van der Waals surface area contributed by atoms with Gasteiger partial charge in [0.2, 0.25) is 0 Å². The van der Waals surface area contributed by atoms with Crippen LogP contribution in [-0.2, 0) is 14.3 Å². The van der Waals surface area contributed by atoms with Gasteiger partial charge in [-0.3, -0.25) is 9.59 Å². The van der Waals surface area contributed by atoms with E-state index in [1.807, 2.05) is 30.3 Å². The minimum absolute atomic E-state index is 0.348. The number of nitrogens with one attached hydrogen (secondary N) is 1. The molecule has 1 N–H and O–H groups in total. The first-order chi connectivity index (χ1) is 14.6. The molecule has 7 heteroatoms. The van der Waals surface area contributed by atoms with Gasteiger partial charge in [-0.05, 0) is 60.7 Å². The number of rotatable bonds is 9. The molecule has 3 rings (SSSR count). The van der Waals surface area contributed by atoms with E-state index in [0.29, 0.717) is 34.8 Å². The normalized spacial score (nSPS) is 10.0. The molecule has 0 aliphatic carbocycles. The van der Waals surface area contributed by atoms with E-state index in [4.69, 9.17) is 14.2 Å². The van der Waals surface area contributed by atoms with Gasteiger partial charge in [0.05, 0.1) is 0 Å². The zero-order valence-corrected chi connectivity index (χ0v) is 15.9. The lowest BCUT2D eigenvalue weighted by Gasteiger charge is -2.09. The molecular formula is C23H19NO6. The average Bonchev–Trinajstić information content (AvgIpc) is 2.78. The van der Waals surface area contributed by atoms with Gasteiger partial charge >= 0.3 is 5.97 Å². The Labute approximate surface area is 173 Å². The van der Waals surface area contributed by atoms with Crippen molar-refractivity contribution < 1.29 is 28.6 Å². The standard InChI is InChI=1S/C23H19NO6/c25-14-17-6-10-19(11-7-17)28-16-23(27)29-15-22(26)24-18-8-12-21(13-9-18)30-20-4-2-1-3-5-20/h1-14H,15-16H2,(H,24,26). The number of anilines is 1. The first-order valence-corrected chi connectivity index (χ1v) is 9.09. The van der Waals surface area contributed by atoms with Gasteiger partial charge in [0.15, 0.2) is 13.2 Å². The lowest BCUT2D eigenvalue weighted by Crippen LogP contribution is -2.23. The van der Waals surface area contributed by atoms with Crippen molar-refractivity contribution in [3.63, 3.8) is 0 Å². The highest BCUT2D eigenvalue weighted by Gasteiger charge is 2.09. The van der Waals surface area contributed by atoms with E-state index in [0.717, 1.165) is 0 Å². The number of aldehydes is 1. The summed E-state index contributed by atoms with van der Waals surface area (Å²) in [4.78, 5) is 34.3. The van der Waals surface area contributed by atoms with Crippen molar-refractivity contribution >= 4 is 23.9 Å². The molecule has 0 aromatic heterocycles. The average molecular weight is 405 g/mol. The Morgan fingerprint density at radius 3 is 2.07 bits per heavy atom. The molecule has 0 heterocycles. The molecule has 0 fully saturated rings. The predicted octanol–water partition coefficient (Wildman–Crippen LogP) is 3.85. The summed E-state index contributed by atoms with van der Waals surface area (Å²) in [5.74, 6) is 0.596. The number of benzene rings is 3. The van der Waals surface area contributed by atoms with Crippen LogP contribution >= 0.6 is 0 Å². The summed E-state index contributed by atoms with van der Waals surface area (Å²) in [6.45, 7) is -0.784. The minimum Gasteiger partial charge on any atom is -0.482 e. The molecule has 0 unspecified atom stereocenters. The number of amides is 1. The zero-order chi connectivity index (χ0) is 21.2. The Hall–Kier alpha value is -4.13. The van der Waals surface area contributed by atoms with Crippen LogP contribution in [0.15, 0.2) is 78.9 Å². The molecule has 7 nitrogen and oxygen atoms in total. The quantitative estimate of drug-likeness (QED) is 0.430. The van der Waals surface area contributed by atoms with E-state index in [1.54, 1.807) is 48.5 Å². The summed E-state index contributed by atoms with van der Waals surface area (Å²) in [5, 5.41) is 2.63. The van der Waals surface area contributed by atoms with Crippen molar-refractivity contribution in [2.75, 3.05) is 18.5 Å². The molecule has 0 spiro atoms. The first-order valence-electron chi connectivity index (χ1n) is 9.09. The first kappa shape index (κ1) is 20.6. The molecule has 1 amide bonds. The van der Waals surface area contributed by atoms with Gasteiger partial charge in [0.25, 0.3) is 5.91 Å². The minimum atomic E-state index is -0.684. The Morgan fingerprint density at radius 2 is 1.40 bits per heavy atom. The highest BCUT2D eigenvalue weighted by Crippen LogP contribution is 2.22. The van der Waals surface area contributed by atoms with E-state index in [2.05, 4.69) is 5.32 Å². The molecule has 3 aromatic rings. The summed E-state index contributed by atoms with van der Waals surface area (Å²) in [5.41, 5.74) is 1.05. The summed E-state index contributed by atoms with van der Waals surface area (Å²) >= 11 is 0. The van der Waals surface area contributed by atoms with E-state index in [1.165, 1.54) is 0 Å².